The van der Waals surface area contributed by atoms with E-state index < -0.39 is 0 Å². The van der Waals surface area contributed by atoms with Crippen LogP contribution in [-0.4, -0.2) is 5.91 Å². The van der Waals surface area contributed by atoms with Gasteiger partial charge in [-0.25, -0.2) is 0 Å². The molecule has 0 spiro atoms. The topological polar surface area (TPSA) is 29.1 Å². The number of benzene rings is 1. The Kier molecular flexibility index (Phi) is 3.52. The SMILES string of the molecule is Cc1ccc(CC(=O)NI)cc1. The van der Waals surface area contributed by atoms with Crippen molar-refractivity contribution in [2.75, 3.05) is 0 Å². The summed E-state index contributed by atoms with van der Waals surface area (Å²) in [6.07, 6.45) is 0.462. The molecule has 1 N–H and O–H groups in total. The van der Waals surface area contributed by atoms with Crippen molar-refractivity contribution in [2.24, 2.45) is 0 Å². The normalized spacial score (nSPS) is 9.50. The molecule has 0 aliphatic carbocycles. The van der Waals surface area contributed by atoms with E-state index in [1.165, 1.54) is 5.56 Å². The first-order valence-corrected chi connectivity index (χ1v) is 4.75. The summed E-state index contributed by atoms with van der Waals surface area (Å²) in [5.74, 6) is 0.0412. The summed E-state index contributed by atoms with van der Waals surface area (Å²) in [5.41, 5.74) is 2.27. The molecule has 0 saturated heterocycles. The largest absolute Gasteiger partial charge is 0.299 e. The van der Waals surface area contributed by atoms with Crippen molar-refractivity contribution >= 4 is 28.8 Å². The van der Waals surface area contributed by atoms with Crippen LogP contribution in [0.15, 0.2) is 24.3 Å². The molecule has 0 atom stereocenters. The van der Waals surface area contributed by atoms with Crippen molar-refractivity contribution in [1.29, 1.82) is 0 Å². The van der Waals surface area contributed by atoms with Gasteiger partial charge in [-0.15, -0.1) is 0 Å². The molecule has 64 valence electrons. The maximum atomic E-state index is 10.9. The molecule has 0 unspecified atom stereocenters. The Hall–Kier alpha value is -0.580. The first kappa shape index (κ1) is 9.51. The van der Waals surface area contributed by atoms with Gasteiger partial charge in [0.1, 0.15) is 0 Å². The number of amides is 1. The van der Waals surface area contributed by atoms with Crippen molar-refractivity contribution in [3.05, 3.63) is 35.4 Å². The zero-order valence-electron chi connectivity index (χ0n) is 6.80. The third-order valence-corrected chi connectivity index (χ3v) is 2.19. The number of aryl methyl sites for hydroxylation is 1. The summed E-state index contributed by atoms with van der Waals surface area (Å²) in [4.78, 5) is 10.9. The highest BCUT2D eigenvalue weighted by Gasteiger charge is 1.99. The lowest BCUT2D eigenvalue weighted by Crippen LogP contribution is -2.14. The van der Waals surface area contributed by atoms with Gasteiger partial charge in [-0.1, -0.05) is 29.8 Å². The molecule has 2 nitrogen and oxygen atoms in total. The number of carbonyl (C=O) groups excluding carboxylic acids is 1. The predicted molar refractivity (Wildman–Crippen MR) is 57.0 cm³/mol. The minimum absolute atomic E-state index is 0.0412. The van der Waals surface area contributed by atoms with Crippen molar-refractivity contribution in [3.63, 3.8) is 0 Å². The molecule has 1 aromatic carbocycles. The summed E-state index contributed by atoms with van der Waals surface area (Å²) >= 11 is 1.85. The zero-order chi connectivity index (χ0) is 8.97. The van der Waals surface area contributed by atoms with E-state index in [-0.39, 0.29) is 5.91 Å². The van der Waals surface area contributed by atoms with Crippen LogP contribution in [0.5, 0.6) is 0 Å². The standard InChI is InChI=1S/C9H10INO/c1-7-2-4-8(5-3-7)6-9(12)11-10/h2-5H,6H2,1H3,(H,11,12). The monoisotopic (exact) mass is 275 g/mol. The molecule has 1 rings (SSSR count). The highest BCUT2D eigenvalue weighted by molar-refractivity contribution is 14.1. The molecule has 0 bridgehead atoms. The Morgan fingerprint density at radius 3 is 2.50 bits per heavy atom. The molecular weight excluding hydrogens is 265 g/mol. The van der Waals surface area contributed by atoms with Crippen LogP contribution in [0.4, 0.5) is 0 Å². The van der Waals surface area contributed by atoms with E-state index in [2.05, 4.69) is 3.53 Å². The fraction of sp³-hybridized carbons (Fsp3) is 0.222. The summed E-state index contributed by atoms with van der Waals surface area (Å²) in [6.45, 7) is 2.03. The van der Waals surface area contributed by atoms with E-state index in [0.717, 1.165) is 5.56 Å². The molecule has 0 aliphatic heterocycles. The lowest BCUT2D eigenvalue weighted by molar-refractivity contribution is -0.118. The van der Waals surface area contributed by atoms with Gasteiger partial charge in [0, 0.05) is 0 Å². The maximum Gasteiger partial charge on any atom is 0.233 e. The van der Waals surface area contributed by atoms with Crippen molar-refractivity contribution in [2.45, 2.75) is 13.3 Å². The van der Waals surface area contributed by atoms with E-state index >= 15 is 0 Å². The highest BCUT2D eigenvalue weighted by Crippen LogP contribution is 2.03. The molecule has 0 saturated carbocycles. The van der Waals surface area contributed by atoms with E-state index in [1.807, 2.05) is 54.1 Å². The van der Waals surface area contributed by atoms with Gasteiger partial charge in [0.2, 0.25) is 5.91 Å². The van der Waals surface area contributed by atoms with E-state index in [0.29, 0.717) is 6.42 Å². The summed E-state index contributed by atoms with van der Waals surface area (Å²) in [5, 5.41) is 0. The fourth-order valence-corrected chi connectivity index (χ4v) is 1.12. The van der Waals surface area contributed by atoms with Gasteiger partial charge in [0.15, 0.2) is 0 Å². The Balaban J connectivity index is 2.64. The summed E-state index contributed by atoms with van der Waals surface area (Å²) in [6, 6.07) is 7.97. The van der Waals surface area contributed by atoms with E-state index in [1.54, 1.807) is 0 Å². The number of hydrogen-bond donors (Lipinski definition) is 1. The number of hydrogen-bond acceptors (Lipinski definition) is 1. The minimum Gasteiger partial charge on any atom is -0.299 e. The Bertz CT molecular complexity index is 268. The summed E-state index contributed by atoms with van der Waals surface area (Å²) < 4.78 is 2.56. The average Bonchev–Trinajstić information content (AvgIpc) is 2.09. The van der Waals surface area contributed by atoms with E-state index in [9.17, 15) is 4.79 Å². The van der Waals surface area contributed by atoms with Crippen molar-refractivity contribution < 1.29 is 4.79 Å². The van der Waals surface area contributed by atoms with Gasteiger partial charge in [-0.05, 0) is 12.5 Å². The second kappa shape index (κ2) is 4.45. The van der Waals surface area contributed by atoms with Crippen LogP contribution >= 0.6 is 22.9 Å². The minimum atomic E-state index is 0.0412. The maximum absolute atomic E-state index is 10.9. The lowest BCUT2D eigenvalue weighted by Gasteiger charge is -1.99. The highest BCUT2D eigenvalue weighted by atomic mass is 127. The molecular formula is C9H10INO. The van der Waals surface area contributed by atoms with Gasteiger partial charge < -0.3 is 0 Å². The molecule has 0 aromatic heterocycles. The van der Waals surface area contributed by atoms with Gasteiger partial charge >= 0.3 is 0 Å². The number of nitrogens with one attached hydrogen (secondary N) is 1. The van der Waals surface area contributed by atoms with Crippen LogP contribution in [0.2, 0.25) is 0 Å². The molecule has 1 aromatic rings. The lowest BCUT2D eigenvalue weighted by atomic mass is 10.1. The third-order valence-electron chi connectivity index (χ3n) is 1.59. The Morgan fingerprint density at radius 1 is 1.42 bits per heavy atom. The molecule has 3 heteroatoms. The Labute approximate surface area is 85.9 Å². The molecule has 1 amide bonds. The van der Waals surface area contributed by atoms with Crippen molar-refractivity contribution in [1.82, 2.24) is 3.53 Å². The quantitative estimate of drug-likeness (QED) is 0.649. The van der Waals surface area contributed by atoms with Gasteiger partial charge in [0.25, 0.3) is 0 Å². The van der Waals surface area contributed by atoms with Crippen LogP contribution in [0.25, 0.3) is 0 Å². The predicted octanol–water partition coefficient (Wildman–Crippen LogP) is 2.00. The first-order chi connectivity index (χ1) is 5.72. The molecule has 0 radical (unpaired) electrons. The number of halogens is 1. The third kappa shape index (κ3) is 2.81. The Morgan fingerprint density at radius 2 is 2.00 bits per heavy atom. The smallest absolute Gasteiger partial charge is 0.233 e. The van der Waals surface area contributed by atoms with Crippen LogP contribution in [0, 0.1) is 6.92 Å². The zero-order valence-corrected chi connectivity index (χ0v) is 8.96. The number of rotatable bonds is 2. The van der Waals surface area contributed by atoms with Crippen LogP contribution in [0.3, 0.4) is 0 Å². The fourth-order valence-electron chi connectivity index (χ4n) is 0.925. The average molecular weight is 275 g/mol. The molecule has 12 heavy (non-hydrogen) atoms. The van der Waals surface area contributed by atoms with Crippen LogP contribution in [-0.2, 0) is 11.2 Å². The molecule has 0 heterocycles. The molecule has 0 fully saturated rings. The van der Waals surface area contributed by atoms with Crippen LogP contribution < -0.4 is 3.53 Å². The van der Waals surface area contributed by atoms with Crippen LogP contribution in [0.1, 0.15) is 11.1 Å². The second-order valence-electron chi connectivity index (χ2n) is 2.68. The van der Waals surface area contributed by atoms with Gasteiger partial charge in [-0.3, -0.25) is 8.32 Å². The van der Waals surface area contributed by atoms with Gasteiger partial charge in [0.05, 0.1) is 29.3 Å². The summed E-state index contributed by atoms with van der Waals surface area (Å²) in [7, 11) is 0. The van der Waals surface area contributed by atoms with Gasteiger partial charge in [-0.2, -0.15) is 0 Å². The molecule has 0 aliphatic rings. The van der Waals surface area contributed by atoms with E-state index in [4.69, 9.17) is 0 Å². The van der Waals surface area contributed by atoms with Crippen molar-refractivity contribution in [3.8, 4) is 0 Å². The number of carbonyl (C=O) groups is 1. The first-order valence-electron chi connectivity index (χ1n) is 3.67. The second-order valence-corrected chi connectivity index (χ2v) is 3.22.